The van der Waals surface area contributed by atoms with Gasteiger partial charge in [-0.15, -0.1) is 26.3 Å². The van der Waals surface area contributed by atoms with Crippen molar-refractivity contribution in [3.8, 4) is 0 Å². The van der Waals surface area contributed by atoms with Gasteiger partial charge >= 0.3 is 18.7 Å². The number of alkyl halides is 6. The second kappa shape index (κ2) is 10.7. The molecule has 0 saturated heterocycles. The van der Waals surface area contributed by atoms with Gasteiger partial charge in [0.2, 0.25) is 0 Å². The van der Waals surface area contributed by atoms with Crippen molar-refractivity contribution in [2.75, 3.05) is 13.2 Å². The molecule has 2 atom stereocenters. The van der Waals surface area contributed by atoms with Crippen LogP contribution in [-0.2, 0) is 19.0 Å². The Labute approximate surface area is 134 Å². The van der Waals surface area contributed by atoms with Gasteiger partial charge in [0.05, 0.1) is 12.7 Å². The van der Waals surface area contributed by atoms with Crippen LogP contribution in [0.5, 0.6) is 0 Å². The minimum absolute atomic E-state index is 0.144. The number of rotatable bonds is 11. The van der Waals surface area contributed by atoms with Crippen LogP contribution in [0.3, 0.4) is 0 Å². The molecule has 2 unspecified atom stereocenters. The molecule has 0 aliphatic carbocycles. The predicted octanol–water partition coefficient (Wildman–Crippen LogP) is 3.30. The maximum absolute atomic E-state index is 12.3. The quantitative estimate of drug-likeness (QED) is 0.343. The zero-order valence-corrected chi connectivity index (χ0v) is 13.0. The van der Waals surface area contributed by atoms with Gasteiger partial charge in [-0.2, -0.15) is 0 Å². The standard InChI is InChI=1S/C13H20F6O5/c1-2-3-4-5-6-9(20)10(24-13(17,18)19)11(21)22-7-8-23-12(14,15)16/h9-10,20H,2-8H2,1H3. The van der Waals surface area contributed by atoms with Crippen LogP contribution in [0.15, 0.2) is 0 Å². The number of carbonyl (C=O) groups excluding carboxylic acids is 1. The third kappa shape index (κ3) is 12.4. The third-order valence-electron chi connectivity index (χ3n) is 2.79. The van der Waals surface area contributed by atoms with Gasteiger partial charge in [0.15, 0.2) is 6.10 Å². The molecule has 5 nitrogen and oxygen atoms in total. The Hall–Kier alpha value is -1.07. The first kappa shape index (κ1) is 22.9. The Balaban J connectivity index is 4.49. The summed E-state index contributed by atoms with van der Waals surface area (Å²) in [4.78, 5) is 11.5. The number of esters is 1. The lowest BCUT2D eigenvalue weighted by atomic mass is 10.1. The molecule has 0 radical (unpaired) electrons. The summed E-state index contributed by atoms with van der Waals surface area (Å²) in [6, 6.07) is 0. The predicted molar refractivity (Wildman–Crippen MR) is 68.7 cm³/mol. The molecular formula is C13H20F6O5. The smallest absolute Gasteiger partial charge is 0.461 e. The van der Waals surface area contributed by atoms with Crippen molar-refractivity contribution < 1.29 is 50.5 Å². The number of unbranched alkanes of at least 4 members (excludes halogenated alkanes) is 3. The highest BCUT2D eigenvalue weighted by molar-refractivity contribution is 5.75. The van der Waals surface area contributed by atoms with E-state index in [1.165, 1.54) is 0 Å². The summed E-state index contributed by atoms with van der Waals surface area (Å²) >= 11 is 0. The second-order valence-corrected chi connectivity index (χ2v) is 4.86. The first-order valence-electron chi connectivity index (χ1n) is 7.26. The Bertz CT molecular complexity index is 358. The number of carbonyl (C=O) groups is 1. The maximum atomic E-state index is 12.3. The second-order valence-electron chi connectivity index (χ2n) is 4.86. The maximum Gasteiger partial charge on any atom is 0.523 e. The van der Waals surface area contributed by atoms with Crippen molar-refractivity contribution in [1.29, 1.82) is 0 Å². The van der Waals surface area contributed by atoms with Gasteiger partial charge < -0.3 is 9.84 Å². The number of ether oxygens (including phenoxy) is 3. The minimum Gasteiger partial charge on any atom is -0.461 e. The normalized spacial score (nSPS) is 15.2. The van der Waals surface area contributed by atoms with Crippen LogP contribution in [0, 0.1) is 0 Å². The van der Waals surface area contributed by atoms with E-state index in [0.717, 1.165) is 12.8 Å². The number of aliphatic hydroxyl groups excluding tert-OH is 1. The van der Waals surface area contributed by atoms with Gasteiger partial charge in [0.25, 0.3) is 0 Å². The number of hydrogen-bond acceptors (Lipinski definition) is 5. The molecule has 0 saturated carbocycles. The van der Waals surface area contributed by atoms with Crippen LogP contribution < -0.4 is 0 Å². The highest BCUT2D eigenvalue weighted by Gasteiger charge is 2.41. The van der Waals surface area contributed by atoms with E-state index in [0.29, 0.717) is 12.8 Å². The van der Waals surface area contributed by atoms with Crippen molar-refractivity contribution in [3.63, 3.8) is 0 Å². The Kier molecular flexibility index (Phi) is 10.2. The molecule has 0 fully saturated rings. The molecule has 1 N–H and O–H groups in total. The van der Waals surface area contributed by atoms with E-state index in [1.54, 1.807) is 0 Å². The Morgan fingerprint density at radius 1 is 1.00 bits per heavy atom. The lowest BCUT2D eigenvalue weighted by molar-refractivity contribution is -0.348. The van der Waals surface area contributed by atoms with E-state index >= 15 is 0 Å². The fraction of sp³-hybridized carbons (Fsp3) is 0.923. The first-order valence-corrected chi connectivity index (χ1v) is 7.26. The molecule has 144 valence electrons. The average molecular weight is 370 g/mol. The van der Waals surface area contributed by atoms with Crippen molar-refractivity contribution in [1.82, 2.24) is 0 Å². The van der Waals surface area contributed by atoms with E-state index in [9.17, 15) is 36.2 Å². The SMILES string of the molecule is CCCCCCC(O)C(OC(F)(F)F)C(=O)OCCOC(F)(F)F. The fourth-order valence-corrected chi connectivity index (χ4v) is 1.74. The van der Waals surface area contributed by atoms with Gasteiger partial charge in [-0.1, -0.05) is 32.6 Å². The minimum atomic E-state index is -5.21. The van der Waals surface area contributed by atoms with Crippen molar-refractivity contribution in [3.05, 3.63) is 0 Å². The van der Waals surface area contributed by atoms with Crippen LogP contribution in [0.25, 0.3) is 0 Å². The van der Waals surface area contributed by atoms with Gasteiger partial charge in [0.1, 0.15) is 6.61 Å². The highest BCUT2D eigenvalue weighted by Crippen LogP contribution is 2.23. The molecule has 0 aromatic heterocycles. The van der Waals surface area contributed by atoms with E-state index in [2.05, 4.69) is 14.2 Å². The summed E-state index contributed by atoms with van der Waals surface area (Å²) in [5, 5.41) is 9.69. The van der Waals surface area contributed by atoms with Gasteiger partial charge in [-0.05, 0) is 6.42 Å². The van der Waals surface area contributed by atoms with E-state index in [1.807, 2.05) is 6.92 Å². The molecule has 0 rings (SSSR count). The molecule has 0 aromatic rings. The Morgan fingerprint density at radius 3 is 2.12 bits per heavy atom. The fourth-order valence-electron chi connectivity index (χ4n) is 1.74. The van der Waals surface area contributed by atoms with Crippen molar-refractivity contribution in [2.45, 2.75) is 64.0 Å². The molecule has 0 aliphatic rings. The van der Waals surface area contributed by atoms with Crippen molar-refractivity contribution >= 4 is 5.97 Å². The monoisotopic (exact) mass is 370 g/mol. The molecule has 0 aliphatic heterocycles. The number of aliphatic hydroxyl groups is 1. The third-order valence-corrected chi connectivity index (χ3v) is 2.79. The summed E-state index contributed by atoms with van der Waals surface area (Å²) in [5.74, 6) is -1.61. The van der Waals surface area contributed by atoms with Gasteiger partial charge in [0, 0.05) is 0 Å². The van der Waals surface area contributed by atoms with E-state index in [4.69, 9.17) is 0 Å². The lowest BCUT2D eigenvalue weighted by Gasteiger charge is -2.23. The zero-order valence-electron chi connectivity index (χ0n) is 13.0. The van der Waals surface area contributed by atoms with Gasteiger partial charge in [-0.25, -0.2) is 4.79 Å². The molecule has 11 heteroatoms. The highest BCUT2D eigenvalue weighted by atomic mass is 19.4. The molecule has 0 bridgehead atoms. The van der Waals surface area contributed by atoms with Crippen LogP contribution in [0.2, 0.25) is 0 Å². The summed E-state index contributed by atoms with van der Waals surface area (Å²) in [6.45, 7) is -0.106. The average Bonchev–Trinajstić information content (AvgIpc) is 2.43. The van der Waals surface area contributed by atoms with Crippen LogP contribution in [0.4, 0.5) is 26.3 Å². The van der Waals surface area contributed by atoms with E-state index < -0.39 is 44.1 Å². The Morgan fingerprint density at radius 2 is 1.62 bits per heavy atom. The summed E-state index contributed by atoms with van der Waals surface area (Å²) < 4.78 is 83.1. The van der Waals surface area contributed by atoms with Crippen LogP contribution in [0.1, 0.15) is 39.0 Å². The van der Waals surface area contributed by atoms with Crippen LogP contribution >= 0.6 is 0 Å². The molecule has 0 spiro atoms. The van der Waals surface area contributed by atoms with E-state index in [-0.39, 0.29) is 6.42 Å². The summed E-state index contributed by atoms with van der Waals surface area (Å²) in [7, 11) is 0. The summed E-state index contributed by atoms with van der Waals surface area (Å²) in [5.41, 5.74) is 0. The zero-order chi connectivity index (χ0) is 18.8. The molecule has 24 heavy (non-hydrogen) atoms. The molecular weight excluding hydrogens is 350 g/mol. The first-order chi connectivity index (χ1) is 11.0. The summed E-state index contributed by atoms with van der Waals surface area (Å²) in [6.07, 6.45) is -11.8. The molecule has 0 amide bonds. The molecule has 0 heterocycles. The number of hydrogen-bond donors (Lipinski definition) is 1. The lowest BCUT2D eigenvalue weighted by Crippen LogP contribution is -2.42. The number of halogens is 6. The van der Waals surface area contributed by atoms with Gasteiger partial charge in [-0.3, -0.25) is 9.47 Å². The largest absolute Gasteiger partial charge is 0.523 e. The van der Waals surface area contributed by atoms with Crippen LogP contribution in [-0.4, -0.2) is 49.2 Å². The van der Waals surface area contributed by atoms with Crippen molar-refractivity contribution in [2.24, 2.45) is 0 Å². The topological polar surface area (TPSA) is 65.0 Å². The molecule has 0 aromatic carbocycles.